The SMILES string of the molecule is O=c1[nH]ncc(NCC2(c3ccccc3)CCC2)c1Cl. The first-order chi connectivity index (χ1) is 9.71. The lowest BCUT2D eigenvalue weighted by Crippen LogP contribution is -2.41. The lowest BCUT2D eigenvalue weighted by molar-refractivity contribution is 0.260. The third kappa shape index (κ3) is 2.31. The molecule has 0 atom stereocenters. The Bertz CT molecular complexity index is 650. The van der Waals surface area contributed by atoms with E-state index in [1.165, 1.54) is 12.0 Å². The second kappa shape index (κ2) is 5.29. The van der Waals surface area contributed by atoms with Crippen LogP contribution in [0.3, 0.4) is 0 Å². The molecule has 0 bridgehead atoms. The van der Waals surface area contributed by atoms with Gasteiger partial charge in [-0.1, -0.05) is 48.4 Å². The van der Waals surface area contributed by atoms with Crippen molar-refractivity contribution in [3.05, 3.63) is 57.5 Å². The minimum absolute atomic E-state index is 0.146. The van der Waals surface area contributed by atoms with E-state index < -0.39 is 0 Å². The normalized spacial score (nSPS) is 16.4. The number of rotatable bonds is 4. The Morgan fingerprint density at radius 3 is 2.70 bits per heavy atom. The molecule has 5 heteroatoms. The molecular formula is C15H16ClN3O. The van der Waals surface area contributed by atoms with Crippen LogP contribution in [0.2, 0.25) is 5.02 Å². The molecule has 1 fully saturated rings. The van der Waals surface area contributed by atoms with Crippen molar-refractivity contribution in [3.63, 3.8) is 0 Å². The number of benzene rings is 1. The maximum absolute atomic E-state index is 11.4. The van der Waals surface area contributed by atoms with Gasteiger partial charge in [-0.15, -0.1) is 0 Å². The molecular weight excluding hydrogens is 274 g/mol. The van der Waals surface area contributed by atoms with Gasteiger partial charge < -0.3 is 5.32 Å². The highest BCUT2D eigenvalue weighted by Crippen LogP contribution is 2.43. The number of aromatic nitrogens is 2. The predicted molar refractivity (Wildman–Crippen MR) is 80.3 cm³/mol. The van der Waals surface area contributed by atoms with E-state index in [2.05, 4.69) is 39.8 Å². The van der Waals surface area contributed by atoms with Gasteiger partial charge in [-0.2, -0.15) is 5.10 Å². The quantitative estimate of drug-likeness (QED) is 0.910. The molecule has 0 aliphatic heterocycles. The molecule has 0 radical (unpaired) electrons. The van der Waals surface area contributed by atoms with Crippen LogP contribution in [0, 0.1) is 0 Å². The third-order valence-electron chi connectivity index (χ3n) is 4.11. The molecule has 1 aliphatic rings. The van der Waals surface area contributed by atoms with Crippen molar-refractivity contribution < 1.29 is 0 Å². The number of nitrogens with zero attached hydrogens (tertiary/aromatic N) is 1. The summed E-state index contributed by atoms with van der Waals surface area (Å²) in [5, 5.41) is 9.55. The average molecular weight is 290 g/mol. The van der Waals surface area contributed by atoms with E-state index in [4.69, 9.17) is 11.6 Å². The minimum Gasteiger partial charge on any atom is -0.381 e. The second-order valence-corrected chi connectivity index (χ2v) is 5.66. The summed E-state index contributed by atoms with van der Waals surface area (Å²) in [5.41, 5.74) is 1.72. The summed E-state index contributed by atoms with van der Waals surface area (Å²) in [6, 6.07) is 10.5. The molecule has 20 heavy (non-hydrogen) atoms. The van der Waals surface area contributed by atoms with E-state index in [0.29, 0.717) is 5.69 Å². The molecule has 104 valence electrons. The molecule has 1 aliphatic carbocycles. The van der Waals surface area contributed by atoms with E-state index in [1.54, 1.807) is 6.20 Å². The fraction of sp³-hybridized carbons (Fsp3) is 0.333. The van der Waals surface area contributed by atoms with Crippen LogP contribution < -0.4 is 10.9 Å². The number of aromatic amines is 1. The molecule has 0 amide bonds. The first-order valence-corrected chi connectivity index (χ1v) is 7.12. The predicted octanol–water partition coefficient (Wildman–Crippen LogP) is 2.96. The van der Waals surface area contributed by atoms with E-state index in [0.717, 1.165) is 19.4 Å². The summed E-state index contributed by atoms with van der Waals surface area (Å²) in [4.78, 5) is 11.4. The molecule has 2 N–H and O–H groups in total. The zero-order valence-electron chi connectivity index (χ0n) is 11.0. The maximum atomic E-state index is 11.4. The second-order valence-electron chi connectivity index (χ2n) is 5.28. The van der Waals surface area contributed by atoms with Crippen LogP contribution in [0.15, 0.2) is 41.3 Å². The summed E-state index contributed by atoms with van der Waals surface area (Å²) < 4.78 is 0. The number of halogens is 1. The van der Waals surface area contributed by atoms with Gasteiger partial charge in [0.2, 0.25) is 0 Å². The molecule has 1 aromatic heterocycles. The van der Waals surface area contributed by atoms with Gasteiger partial charge in [-0.3, -0.25) is 4.79 Å². The Morgan fingerprint density at radius 2 is 2.05 bits per heavy atom. The van der Waals surface area contributed by atoms with E-state index in [1.807, 2.05) is 6.07 Å². The van der Waals surface area contributed by atoms with E-state index in [-0.39, 0.29) is 16.0 Å². The zero-order valence-corrected chi connectivity index (χ0v) is 11.8. The van der Waals surface area contributed by atoms with E-state index >= 15 is 0 Å². The largest absolute Gasteiger partial charge is 0.381 e. The van der Waals surface area contributed by atoms with Gasteiger partial charge in [0.1, 0.15) is 5.02 Å². The zero-order chi connectivity index (χ0) is 14.0. The molecule has 1 heterocycles. The van der Waals surface area contributed by atoms with Crippen LogP contribution in [0.1, 0.15) is 24.8 Å². The number of nitrogens with one attached hydrogen (secondary N) is 2. The van der Waals surface area contributed by atoms with Crippen molar-refractivity contribution in [2.45, 2.75) is 24.7 Å². The topological polar surface area (TPSA) is 57.8 Å². The molecule has 2 aromatic rings. The fourth-order valence-corrected chi connectivity index (χ4v) is 2.89. The lowest BCUT2D eigenvalue weighted by atomic mass is 9.64. The summed E-state index contributed by atoms with van der Waals surface area (Å²) >= 11 is 5.98. The highest BCUT2D eigenvalue weighted by molar-refractivity contribution is 6.32. The standard InChI is InChI=1S/C15H16ClN3O/c16-13-12(9-18-19-14(13)20)17-10-15(7-4-8-15)11-5-2-1-3-6-11/h1-3,5-6,9H,4,7-8,10H2,(H2,17,19,20). The first kappa shape index (κ1) is 13.2. The van der Waals surface area contributed by atoms with Crippen LogP contribution in [0.4, 0.5) is 5.69 Å². The average Bonchev–Trinajstić information content (AvgIpc) is 2.43. The van der Waals surface area contributed by atoms with Gasteiger partial charge >= 0.3 is 0 Å². The molecule has 1 saturated carbocycles. The minimum atomic E-state index is -0.362. The smallest absolute Gasteiger partial charge is 0.285 e. The molecule has 0 saturated heterocycles. The first-order valence-electron chi connectivity index (χ1n) is 6.74. The highest BCUT2D eigenvalue weighted by Gasteiger charge is 2.38. The van der Waals surface area contributed by atoms with Crippen LogP contribution in [-0.2, 0) is 5.41 Å². The van der Waals surface area contributed by atoms with Gasteiger partial charge in [-0.25, -0.2) is 5.10 Å². The van der Waals surface area contributed by atoms with E-state index in [9.17, 15) is 4.79 Å². The summed E-state index contributed by atoms with van der Waals surface area (Å²) in [7, 11) is 0. The monoisotopic (exact) mass is 289 g/mol. The van der Waals surface area contributed by atoms with Crippen molar-refractivity contribution in [2.75, 3.05) is 11.9 Å². The molecule has 0 spiro atoms. The molecule has 4 nitrogen and oxygen atoms in total. The van der Waals surface area contributed by atoms with Gasteiger partial charge in [0.25, 0.3) is 5.56 Å². The highest BCUT2D eigenvalue weighted by atomic mass is 35.5. The summed E-state index contributed by atoms with van der Waals surface area (Å²) in [6.07, 6.45) is 5.09. The third-order valence-corrected chi connectivity index (χ3v) is 4.48. The number of H-pyrrole nitrogens is 1. The molecule has 0 unspecified atom stereocenters. The van der Waals surface area contributed by atoms with Crippen molar-refractivity contribution >= 4 is 17.3 Å². The van der Waals surface area contributed by atoms with Gasteiger partial charge in [-0.05, 0) is 18.4 Å². The van der Waals surface area contributed by atoms with Crippen molar-refractivity contribution in [3.8, 4) is 0 Å². The van der Waals surface area contributed by atoms with Crippen LogP contribution >= 0.6 is 11.6 Å². The fourth-order valence-electron chi connectivity index (χ4n) is 2.73. The van der Waals surface area contributed by atoms with Crippen LogP contribution in [0.5, 0.6) is 0 Å². The van der Waals surface area contributed by atoms with Crippen LogP contribution in [-0.4, -0.2) is 16.7 Å². The number of hydrogen-bond acceptors (Lipinski definition) is 3. The van der Waals surface area contributed by atoms with Gasteiger partial charge in [0, 0.05) is 12.0 Å². The maximum Gasteiger partial charge on any atom is 0.285 e. The Hall–Kier alpha value is -1.81. The van der Waals surface area contributed by atoms with Gasteiger partial charge in [0.15, 0.2) is 0 Å². The Labute approximate surface area is 122 Å². The van der Waals surface area contributed by atoms with Crippen molar-refractivity contribution in [2.24, 2.45) is 0 Å². The Kier molecular flexibility index (Phi) is 3.49. The Morgan fingerprint density at radius 1 is 1.30 bits per heavy atom. The van der Waals surface area contributed by atoms with Crippen molar-refractivity contribution in [1.82, 2.24) is 10.2 Å². The molecule has 3 rings (SSSR count). The van der Waals surface area contributed by atoms with Gasteiger partial charge in [0.05, 0.1) is 11.9 Å². The Balaban J connectivity index is 1.80. The summed E-state index contributed by atoms with van der Waals surface area (Å²) in [5.74, 6) is 0. The number of hydrogen-bond donors (Lipinski definition) is 2. The molecule has 1 aromatic carbocycles. The lowest BCUT2D eigenvalue weighted by Gasteiger charge is -2.43. The van der Waals surface area contributed by atoms with Crippen LogP contribution in [0.25, 0.3) is 0 Å². The number of anilines is 1. The summed E-state index contributed by atoms with van der Waals surface area (Å²) in [6.45, 7) is 0.766. The van der Waals surface area contributed by atoms with Crippen molar-refractivity contribution in [1.29, 1.82) is 0 Å².